The maximum atomic E-state index is 12.5. The van der Waals surface area contributed by atoms with Crippen molar-refractivity contribution in [3.05, 3.63) is 52.8 Å². The number of nitrogens with one attached hydrogen (secondary N) is 1. The molecule has 0 saturated carbocycles. The Bertz CT molecular complexity index is 719. The summed E-state index contributed by atoms with van der Waals surface area (Å²) in [5, 5.41) is 7.01. The number of aryl methyl sites for hydroxylation is 2. The third-order valence-corrected chi connectivity index (χ3v) is 4.50. The number of amides is 2. The first kappa shape index (κ1) is 16.2. The number of aromatic nitrogens is 2. The summed E-state index contributed by atoms with van der Waals surface area (Å²) in [6.45, 7) is 5.69. The van der Waals surface area contributed by atoms with Crippen LogP contribution in [0.15, 0.2) is 30.3 Å². The Morgan fingerprint density at radius 2 is 1.96 bits per heavy atom. The average Bonchev–Trinajstić information content (AvgIpc) is 2.89. The molecule has 1 aromatic heterocycles. The highest BCUT2D eigenvalue weighted by atomic mass is 16.2. The number of hydrogen-bond donors (Lipinski definition) is 1. The molecule has 1 aromatic carbocycles. The van der Waals surface area contributed by atoms with Crippen molar-refractivity contribution in [1.29, 1.82) is 0 Å². The number of nitrogens with zero attached hydrogens (tertiary/aromatic N) is 3. The maximum absolute atomic E-state index is 12.5. The second-order valence-electron chi connectivity index (χ2n) is 6.21. The summed E-state index contributed by atoms with van der Waals surface area (Å²) < 4.78 is 0. The Hall–Kier alpha value is -2.63. The molecule has 1 N–H and O–H groups in total. The normalized spacial score (nSPS) is 15.0. The van der Waals surface area contributed by atoms with Crippen molar-refractivity contribution in [3.8, 4) is 0 Å². The van der Waals surface area contributed by atoms with Gasteiger partial charge in [-0.3, -0.25) is 14.7 Å². The lowest BCUT2D eigenvalue weighted by atomic mass is 10.1. The van der Waals surface area contributed by atoms with Crippen molar-refractivity contribution < 1.29 is 9.59 Å². The monoisotopic (exact) mass is 326 g/mol. The SMILES string of the molecule is Cc1n[nH]c(C)c1CC(=O)N1CCN(Cc2ccccc2)C(=O)C1. The molecule has 1 aliphatic rings. The third-order valence-electron chi connectivity index (χ3n) is 4.50. The van der Waals surface area contributed by atoms with Crippen LogP contribution in [0.25, 0.3) is 0 Å². The van der Waals surface area contributed by atoms with Crippen LogP contribution < -0.4 is 0 Å². The van der Waals surface area contributed by atoms with Crippen LogP contribution in [0.3, 0.4) is 0 Å². The fraction of sp³-hybridized carbons (Fsp3) is 0.389. The van der Waals surface area contributed by atoms with E-state index >= 15 is 0 Å². The maximum Gasteiger partial charge on any atom is 0.242 e. The number of carbonyl (C=O) groups excluding carboxylic acids is 2. The van der Waals surface area contributed by atoms with Crippen LogP contribution in [0.4, 0.5) is 0 Å². The topological polar surface area (TPSA) is 69.3 Å². The molecule has 6 heteroatoms. The first-order chi connectivity index (χ1) is 11.5. The highest BCUT2D eigenvalue weighted by Crippen LogP contribution is 2.14. The Balaban J connectivity index is 1.59. The van der Waals surface area contributed by atoms with E-state index in [9.17, 15) is 9.59 Å². The predicted molar refractivity (Wildman–Crippen MR) is 90.2 cm³/mol. The Morgan fingerprint density at radius 3 is 2.58 bits per heavy atom. The first-order valence-corrected chi connectivity index (χ1v) is 8.14. The van der Waals surface area contributed by atoms with Crippen molar-refractivity contribution in [3.63, 3.8) is 0 Å². The van der Waals surface area contributed by atoms with Crippen molar-refractivity contribution in [1.82, 2.24) is 20.0 Å². The molecule has 0 radical (unpaired) electrons. The molecule has 2 aromatic rings. The molecule has 0 aliphatic carbocycles. The summed E-state index contributed by atoms with van der Waals surface area (Å²) in [5.41, 5.74) is 3.79. The number of aromatic amines is 1. The van der Waals surface area contributed by atoms with Gasteiger partial charge >= 0.3 is 0 Å². The zero-order valence-electron chi connectivity index (χ0n) is 14.1. The Kier molecular flexibility index (Phi) is 4.64. The molecule has 1 fully saturated rings. The molecule has 126 valence electrons. The summed E-state index contributed by atoms with van der Waals surface area (Å²) in [7, 11) is 0. The molecule has 0 spiro atoms. The van der Waals surface area contributed by atoms with E-state index in [0.29, 0.717) is 26.1 Å². The van der Waals surface area contributed by atoms with Crippen LogP contribution in [0.2, 0.25) is 0 Å². The number of H-pyrrole nitrogens is 1. The van der Waals surface area contributed by atoms with E-state index in [-0.39, 0.29) is 18.4 Å². The fourth-order valence-electron chi connectivity index (χ4n) is 2.99. The van der Waals surface area contributed by atoms with E-state index in [0.717, 1.165) is 22.5 Å². The second kappa shape index (κ2) is 6.86. The number of hydrogen-bond acceptors (Lipinski definition) is 3. The minimum absolute atomic E-state index is 0.000842. The van der Waals surface area contributed by atoms with Gasteiger partial charge in [0.2, 0.25) is 11.8 Å². The van der Waals surface area contributed by atoms with E-state index in [1.807, 2.05) is 49.1 Å². The molecular weight excluding hydrogens is 304 g/mol. The van der Waals surface area contributed by atoms with Crippen LogP contribution in [0.5, 0.6) is 0 Å². The summed E-state index contributed by atoms with van der Waals surface area (Å²) in [6.07, 6.45) is 0.292. The fourth-order valence-corrected chi connectivity index (χ4v) is 2.99. The van der Waals surface area contributed by atoms with Crippen LogP contribution in [-0.4, -0.2) is 51.4 Å². The van der Waals surface area contributed by atoms with E-state index in [1.54, 1.807) is 4.90 Å². The third kappa shape index (κ3) is 3.48. The van der Waals surface area contributed by atoms with Gasteiger partial charge in [0.15, 0.2) is 0 Å². The molecular formula is C18H22N4O2. The summed E-state index contributed by atoms with van der Waals surface area (Å²) >= 11 is 0. The van der Waals surface area contributed by atoms with Crippen LogP contribution >= 0.6 is 0 Å². The number of benzene rings is 1. The van der Waals surface area contributed by atoms with Gasteiger partial charge in [0.05, 0.1) is 18.7 Å². The predicted octanol–water partition coefficient (Wildman–Crippen LogP) is 1.44. The van der Waals surface area contributed by atoms with Gasteiger partial charge in [0.25, 0.3) is 0 Å². The highest BCUT2D eigenvalue weighted by Gasteiger charge is 2.27. The molecule has 0 atom stereocenters. The first-order valence-electron chi connectivity index (χ1n) is 8.14. The minimum atomic E-state index is -0.0182. The summed E-state index contributed by atoms with van der Waals surface area (Å²) in [5.74, 6) is -0.0191. The highest BCUT2D eigenvalue weighted by molar-refractivity contribution is 5.87. The van der Waals surface area contributed by atoms with Crippen LogP contribution in [0, 0.1) is 13.8 Å². The molecule has 2 heterocycles. The zero-order valence-corrected chi connectivity index (χ0v) is 14.1. The van der Waals surface area contributed by atoms with Gasteiger partial charge in [0.1, 0.15) is 0 Å². The second-order valence-corrected chi connectivity index (χ2v) is 6.21. The van der Waals surface area contributed by atoms with Gasteiger partial charge in [-0.05, 0) is 19.4 Å². The number of carbonyl (C=O) groups is 2. The summed E-state index contributed by atoms with van der Waals surface area (Å²) in [6, 6.07) is 9.91. The molecule has 6 nitrogen and oxygen atoms in total. The Labute approximate surface area is 141 Å². The number of piperazine rings is 1. The lowest BCUT2D eigenvalue weighted by Crippen LogP contribution is -2.52. The minimum Gasteiger partial charge on any atom is -0.335 e. The summed E-state index contributed by atoms with van der Waals surface area (Å²) in [4.78, 5) is 28.3. The lowest BCUT2D eigenvalue weighted by Gasteiger charge is -2.34. The van der Waals surface area contributed by atoms with Crippen molar-refractivity contribution >= 4 is 11.8 Å². The molecule has 3 rings (SSSR count). The smallest absolute Gasteiger partial charge is 0.242 e. The van der Waals surface area contributed by atoms with Crippen molar-refractivity contribution in [2.45, 2.75) is 26.8 Å². The van der Waals surface area contributed by atoms with Crippen molar-refractivity contribution in [2.75, 3.05) is 19.6 Å². The van der Waals surface area contributed by atoms with E-state index in [1.165, 1.54) is 0 Å². The molecule has 1 aliphatic heterocycles. The van der Waals surface area contributed by atoms with Gasteiger partial charge in [-0.2, -0.15) is 5.10 Å². The quantitative estimate of drug-likeness (QED) is 0.924. The van der Waals surface area contributed by atoms with Gasteiger partial charge in [-0.15, -0.1) is 0 Å². The zero-order chi connectivity index (χ0) is 17.1. The van der Waals surface area contributed by atoms with Crippen molar-refractivity contribution in [2.24, 2.45) is 0 Å². The van der Waals surface area contributed by atoms with E-state index in [2.05, 4.69) is 10.2 Å². The Morgan fingerprint density at radius 1 is 1.21 bits per heavy atom. The lowest BCUT2D eigenvalue weighted by molar-refractivity contribution is -0.145. The van der Waals surface area contributed by atoms with Gasteiger partial charge < -0.3 is 9.80 Å². The largest absolute Gasteiger partial charge is 0.335 e. The van der Waals surface area contributed by atoms with Crippen LogP contribution in [-0.2, 0) is 22.6 Å². The standard InChI is InChI=1S/C18H22N4O2/c1-13-16(14(2)20-19-13)10-17(23)22-9-8-21(18(24)12-22)11-15-6-4-3-5-7-15/h3-7H,8-12H2,1-2H3,(H,19,20). The molecule has 0 bridgehead atoms. The molecule has 24 heavy (non-hydrogen) atoms. The van der Waals surface area contributed by atoms with Gasteiger partial charge in [-0.1, -0.05) is 30.3 Å². The molecule has 0 unspecified atom stereocenters. The van der Waals surface area contributed by atoms with Gasteiger partial charge in [-0.25, -0.2) is 0 Å². The molecule has 1 saturated heterocycles. The van der Waals surface area contributed by atoms with E-state index in [4.69, 9.17) is 0 Å². The van der Waals surface area contributed by atoms with Gasteiger partial charge in [0, 0.05) is 30.9 Å². The number of rotatable bonds is 4. The van der Waals surface area contributed by atoms with Crippen LogP contribution in [0.1, 0.15) is 22.5 Å². The van der Waals surface area contributed by atoms with E-state index < -0.39 is 0 Å². The average molecular weight is 326 g/mol. The molecule has 2 amide bonds.